The van der Waals surface area contributed by atoms with Gasteiger partial charge in [0.15, 0.2) is 0 Å². The second-order valence-electron chi connectivity index (χ2n) is 6.71. The molecule has 0 radical (unpaired) electrons. The van der Waals surface area contributed by atoms with Crippen molar-refractivity contribution in [1.82, 2.24) is 14.8 Å². The van der Waals surface area contributed by atoms with E-state index in [4.69, 9.17) is 4.42 Å². The molecule has 1 fully saturated rings. The van der Waals surface area contributed by atoms with E-state index in [-0.39, 0.29) is 11.6 Å². The molecule has 0 bridgehead atoms. The van der Waals surface area contributed by atoms with E-state index in [2.05, 4.69) is 9.88 Å². The Morgan fingerprint density at radius 1 is 1.19 bits per heavy atom. The maximum atomic E-state index is 13.2. The molecule has 8 heteroatoms. The topological polar surface area (TPSA) is 49.6 Å². The molecule has 5 nitrogen and oxygen atoms in total. The number of aryl methyl sites for hydroxylation is 1. The largest absolute Gasteiger partial charge is 0.444 e. The van der Waals surface area contributed by atoms with Crippen LogP contribution in [0, 0.1) is 6.92 Å². The van der Waals surface area contributed by atoms with Crippen LogP contribution in [0.2, 0.25) is 0 Å². The predicted molar refractivity (Wildman–Crippen MR) is 93.2 cm³/mol. The molecule has 3 rings (SSSR count). The molecule has 0 saturated carbocycles. The number of rotatable bonds is 3. The molecule has 1 aromatic carbocycles. The standard InChI is InChI=1S/C19H22F3N3O2/c1-13-12-23-17(27-13)14(2)24-8-5-9-25(11-10-24)18(26)15-6-3-4-7-16(15)19(20,21)22/h3-4,6-7,12,14H,5,8-11H2,1-2H3/t14-/m1/s1. The Labute approximate surface area is 155 Å². The predicted octanol–water partition coefficient (Wildman–Crippen LogP) is 3.91. The Morgan fingerprint density at radius 2 is 1.93 bits per heavy atom. The highest BCUT2D eigenvalue weighted by atomic mass is 19.4. The van der Waals surface area contributed by atoms with Gasteiger partial charge in [-0.15, -0.1) is 0 Å². The van der Waals surface area contributed by atoms with Crippen molar-refractivity contribution in [1.29, 1.82) is 0 Å². The molecule has 27 heavy (non-hydrogen) atoms. The van der Waals surface area contributed by atoms with Crippen LogP contribution < -0.4 is 0 Å². The van der Waals surface area contributed by atoms with Crippen LogP contribution in [0.5, 0.6) is 0 Å². The molecule has 0 aliphatic carbocycles. The number of carbonyl (C=O) groups is 1. The van der Waals surface area contributed by atoms with Crippen LogP contribution in [0.3, 0.4) is 0 Å². The van der Waals surface area contributed by atoms with Gasteiger partial charge in [-0.1, -0.05) is 12.1 Å². The normalized spacial score (nSPS) is 17.6. The highest BCUT2D eigenvalue weighted by Crippen LogP contribution is 2.32. The van der Waals surface area contributed by atoms with Crippen LogP contribution >= 0.6 is 0 Å². The van der Waals surface area contributed by atoms with Crippen molar-refractivity contribution in [3.05, 3.63) is 53.2 Å². The number of carbonyl (C=O) groups excluding carboxylic acids is 1. The molecule has 1 aromatic heterocycles. The Morgan fingerprint density at radius 3 is 2.59 bits per heavy atom. The fourth-order valence-electron chi connectivity index (χ4n) is 3.34. The van der Waals surface area contributed by atoms with Crippen LogP contribution in [0.4, 0.5) is 13.2 Å². The highest BCUT2D eigenvalue weighted by molar-refractivity contribution is 5.96. The van der Waals surface area contributed by atoms with E-state index in [9.17, 15) is 18.0 Å². The molecule has 2 aromatic rings. The second-order valence-corrected chi connectivity index (χ2v) is 6.71. The fraction of sp³-hybridized carbons (Fsp3) is 0.474. The third-order valence-electron chi connectivity index (χ3n) is 4.82. The number of nitrogens with zero attached hydrogens (tertiary/aromatic N) is 3. The van der Waals surface area contributed by atoms with Crippen molar-refractivity contribution < 1.29 is 22.4 Å². The number of alkyl halides is 3. The molecule has 0 unspecified atom stereocenters. The summed E-state index contributed by atoms with van der Waals surface area (Å²) in [5, 5.41) is 0. The van der Waals surface area contributed by atoms with Gasteiger partial charge in [-0.05, 0) is 32.4 Å². The lowest BCUT2D eigenvalue weighted by Crippen LogP contribution is -2.36. The molecule has 0 spiro atoms. The minimum absolute atomic E-state index is 0.0591. The minimum Gasteiger partial charge on any atom is -0.444 e. The van der Waals surface area contributed by atoms with E-state index in [0.717, 1.165) is 11.8 Å². The zero-order chi connectivity index (χ0) is 19.6. The van der Waals surface area contributed by atoms with Crippen molar-refractivity contribution in [2.45, 2.75) is 32.5 Å². The lowest BCUT2D eigenvalue weighted by molar-refractivity contribution is -0.138. The lowest BCUT2D eigenvalue weighted by Gasteiger charge is -2.26. The van der Waals surface area contributed by atoms with E-state index in [1.807, 2.05) is 13.8 Å². The summed E-state index contributed by atoms with van der Waals surface area (Å²) in [5.74, 6) is 0.756. The first kappa shape index (κ1) is 19.4. The van der Waals surface area contributed by atoms with E-state index < -0.39 is 17.6 Å². The smallest absolute Gasteiger partial charge is 0.417 e. The zero-order valence-corrected chi connectivity index (χ0v) is 15.3. The quantitative estimate of drug-likeness (QED) is 0.809. The molecule has 1 saturated heterocycles. The SMILES string of the molecule is Cc1cnc([C@@H](C)N2CCCN(C(=O)c3ccccc3C(F)(F)F)CC2)o1. The first-order chi connectivity index (χ1) is 12.8. The van der Waals surface area contributed by atoms with Gasteiger partial charge in [0.05, 0.1) is 23.4 Å². The van der Waals surface area contributed by atoms with E-state index in [1.165, 1.54) is 23.1 Å². The average Bonchev–Trinajstić information content (AvgIpc) is 2.92. The number of hydrogen-bond donors (Lipinski definition) is 0. The molecule has 146 valence electrons. The van der Waals surface area contributed by atoms with Crippen LogP contribution in [-0.2, 0) is 6.18 Å². The van der Waals surface area contributed by atoms with Gasteiger partial charge in [-0.3, -0.25) is 9.69 Å². The van der Waals surface area contributed by atoms with E-state index in [0.29, 0.717) is 38.5 Å². The fourth-order valence-corrected chi connectivity index (χ4v) is 3.34. The first-order valence-electron chi connectivity index (χ1n) is 8.89. The van der Waals surface area contributed by atoms with Crippen LogP contribution in [0.1, 0.15) is 47.0 Å². The maximum Gasteiger partial charge on any atom is 0.417 e. The summed E-state index contributed by atoms with van der Waals surface area (Å²) in [7, 11) is 0. The molecule has 1 amide bonds. The molecule has 1 aliphatic heterocycles. The number of hydrogen-bond acceptors (Lipinski definition) is 4. The van der Waals surface area contributed by atoms with Crippen molar-refractivity contribution >= 4 is 5.91 Å². The Kier molecular flexibility index (Phi) is 5.55. The van der Waals surface area contributed by atoms with Crippen LogP contribution in [0.15, 0.2) is 34.9 Å². The summed E-state index contributed by atoms with van der Waals surface area (Å²) in [6.07, 6.45) is -2.22. The van der Waals surface area contributed by atoms with Gasteiger partial charge in [0, 0.05) is 26.2 Å². The number of oxazole rings is 1. The van der Waals surface area contributed by atoms with Crippen molar-refractivity contribution in [2.24, 2.45) is 0 Å². The van der Waals surface area contributed by atoms with Crippen LogP contribution in [0.25, 0.3) is 0 Å². The number of aromatic nitrogens is 1. The summed E-state index contributed by atoms with van der Waals surface area (Å²) < 4.78 is 45.2. The Balaban J connectivity index is 1.72. The second kappa shape index (κ2) is 7.72. The summed E-state index contributed by atoms with van der Waals surface area (Å²) in [5.41, 5.74) is -1.19. The summed E-state index contributed by atoms with van der Waals surface area (Å²) in [4.78, 5) is 20.6. The van der Waals surface area contributed by atoms with Crippen LogP contribution in [-0.4, -0.2) is 46.9 Å². The minimum atomic E-state index is -4.55. The third-order valence-corrected chi connectivity index (χ3v) is 4.82. The van der Waals surface area contributed by atoms with Gasteiger partial charge in [0.1, 0.15) is 5.76 Å². The Hall–Kier alpha value is -2.35. The first-order valence-corrected chi connectivity index (χ1v) is 8.89. The lowest BCUT2D eigenvalue weighted by atomic mass is 10.1. The Bertz CT molecular complexity index is 803. The number of benzene rings is 1. The van der Waals surface area contributed by atoms with Gasteiger partial charge >= 0.3 is 6.18 Å². The van der Waals surface area contributed by atoms with Gasteiger partial charge < -0.3 is 9.32 Å². The monoisotopic (exact) mass is 381 g/mol. The molecular weight excluding hydrogens is 359 g/mol. The molecule has 0 N–H and O–H groups in total. The van der Waals surface area contributed by atoms with Gasteiger partial charge in [-0.2, -0.15) is 13.2 Å². The maximum absolute atomic E-state index is 13.2. The van der Waals surface area contributed by atoms with E-state index >= 15 is 0 Å². The van der Waals surface area contributed by atoms with E-state index in [1.54, 1.807) is 6.20 Å². The third kappa shape index (κ3) is 4.32. The molecule has 1 aliphatic rings. The van der Waals surface area contributed by atoms with Gasteiger partial charge in [0.25, 0.3) is 5.91 Å². The number of halogens is 3. The van der Waals surface area contributed by atoms with Gasteiger partial charge in [-0.25, -0.2) is 4.98 Å². The molecule has 1 atom stereocenters. The van der Waals surface area contributed by atoms with Crippen molar-refractivity contribution in [3.63, 3.8) is 0 Å². The highest BCUT2D eigenvalue weighted by Gasteiger charge is 2.36. The summed E-state index contributed by atoms with van der Waals surface area (Å²) in [6.45, 7) is 5.83. The van der Waals surface area contributed by atoms with Gasteiger partial charge in [0.2, 0.25) is 5.89 Å². The number of amides is 1. The summed E-state index contributed by atoms with van der Waals surface area (Å²) >= 11 is 0. The molecule has 2 heterocycles. The van der Waals surface area contributed by atoms with Crippen molar-refractivity contribution in [3.8, 4) is 0 Å². The average molecular weight is 381 g/mol. The molecular formula is C19H22F3N3O2. The van der Waals surface area contributed by atoms with Crippen molar-refractivity contribution in [2.75, 3.05) is 26.2 Å². The zero-order valence-electron chi connectivity index (χ0n) is 15.3. The summed E-state index contributed by atoms with van der Waals surface area (Å²) in [6, 6.07) is 4.89.